The summed E-state index contributed by atoms with van der Waals surface area (Å²) in [5.41, 5.74) is 1.02. The van der Waals surface area contributed by atoms with Crippen molar-refractivity contribution in [2.75, 3.05) is 6.61 Å². The minimum absolute atomic E-state index is 0.237. The van der Waals surface area contributed by atoms with Crippen LogP contribution in [0.25, 0.3) is 6.08 Å². The fraction of sp³-hybridized carbons (Fsp3) is 0.769. The highest BCUT2D eigenvalue weighted by Crippen LogP contribution is 2.16. The highest BCUT2D eigenvalue weighted by atomic mass is 16.5. The standard InChI is InChI=1S/C39H68O2/c1-2-3-4-5-6-7-8-9-10-11-12-13-14-15-16-17-18-19-20-21-22-23-24-25-26-27-28-32-37-41-39(40)36-35-38-33-30-29-31-34-38/h29-31,33-36H,2-28,32,37H2,1H3. The van der Waals surface area contributed by atoms with Gasteiger partial charge in [0, 0.05) is 6.08 Å². The van der Waals surface area contributed by atoms with Crippen molar-refractivity contribution in [1.29, 1.82) is 0 Å². The molecule has 1 rings (SSSR count). The minimum atomic E-state index is -0.237. The molecule has 0 heterocycles. The summed E-state index contributed by atoms with van der Waals surface area (Å²) in [6.45, 7) is 2.84. The molecule has 0 aliphatic carbocycles. The van der Waals surface area contributed by atoms with Crippen LogP contribution in [0.5, 0.6) is 0 Å². The summed E-state index contributed by atoms with van der Waals surface area (Å²) in [4.78, 5) is 11.8. The molecule has 0 atom stereocenters. The van der Waals surface area contributed by atoms with Crippen molar-refractivity contribution < 1.29 is 9.53 Å². The molecular weight excluding hydrogens is 500 g/mol. The molecule has 236 valence electrons. The van der Waals surface area contributed by atoms with Gasteiger partial charge in [-0.2, -0.15) is 0 Å². The lowest BCUT2D eigenvalue weighted by Crippen LogP contribution is -2.02. The van der Waals surface area contributed by atoms with E-state index in [0.717, 1.165) is 18.4 Å². The van der Waals surface area contributed by atoms with Crippen LogP contribution in [-0.4, -0.2) is 12.6 Å². The van der Waals surface area contributed by atoms with E-state index >= 15 is 0 Å². The van der Waals surface area contributed by atoms with Gasteiger partial charge in [0.05, 0.1) is 6.61 Å². The summed E-state index contributed by atoms with van der Waals surface area (Å²) in [5.74, 6) is -0.237. The summed E-state index contributed by atoms with van der Waals surface area (Å²) in [5, 5.41) is 0. The van der Waals surface area contributed by atoms with Gasteiger partial charge in [-0.05, 0) is 18.1 Å². The monoisotopic (exact) mass is 569 g/mol. The number of benzene rings is 1. The number of ether oxygens (including phenoxy) is 1. The van der Waals surface area contributed by atoms with E-state index in [2.05, 4.69) is 6.92 Å². The Morgan fingerprint density at radius 1 is 0.488 bits per heavy atom. The highest BCUT2D eigenvalue weighted by Gasteiger charge is 1.99. The van der Waals surface area contributed by atoms with Crippen molar-refractivity contribution in [3.63, 3.8) is 0 Å². The summed E-state index contributed by atoms with van der Waals surface area (Å²) in [6.07, 6.45) is 42.8. The maximum Gasteiger partial charge on any atom is 0.330 e. The molecule has 0 radical (unpaired) electrons. The molecule has 0 amide bonds. The second kappa shape index (κ2) is 31.4. The lowest BCUT2D eigenvalue weighted by Gasteiger charge is -2.05. The zero-order valence-electron chi connectivity index (χ0n) is 27.4. The molecule has 0 aliphatic rings. The summed E-state index contributed by atoms with van der Waals surface area (Å²) in [6, 6.07) is 9.86. The Morgan fingerprint density at radius 3 is 1.15 bits per heavy atom. The van der Waals surface area contributed by atoms with Gasteiger partial charge in [0.1, 0.15) is 0 Å². The molecule has 0 N–H and O–H groups in total. The molecule has 2 heteroatoms. The molecule has 1 aromatic rings. The lowest BCUT2D eigenvalue weighted by atomic mass is 10.0. The van der Waals surface area contributed by atoms with E-state index in [4.69, 9.17) is 4.74 Å². The van der Waals surface area contributed by atoms with Crippen molar-refractivity contribution in [3.05, 3.63) is 42.0 Å². The number of esters is 1. The smallest absolute Gasteiger partial charge is 0.330 e. The van der Waals surface area contributed by atoms with Crippen LogP contribution in [0.15, 0.2) is 36.4 Å². The van der Waals surface area contributed by atoms with Gasteiger partial charge in [-0.3, -0.25) is 0 Å². The first-order valence-electron chi connectivity index (χ1n) is 18.2. The van der Waals surface area contributed by atoms with Crippen molar-refractivity contribution in [2.24, 2.45) is 0 Å². The van der Waals surface area contributed by atoms with Gasteiger partial charge in [0.2, 0.25) is 0 Å². The van der Waals surface area contributed by atoms with Gasteiger partial charge < -0.3 is 4.74 Å². The van der Waals surface area contributed by atoms with Crippen LogP contribution in [0.2, 0.25) is 0 Å². The van der Waals surface area contributed by atoms with E-state index in [-0.39, 0.29) is 5.97 Å². The quantitative estimate of drug-likeness (QED) is 0.0506. The van der Waals surface area contributed by atoms with Crippen LogP contribution >= 0.6 is 0 Å². The number of carbonyl (C=O) groups is 1. The number of rotatable bonds is 31. The minimum Gasteiger partial charge on any atom is -0.463 e. The van der Waals surface area contributed by atoms with E-state index in [1.807, 2.05) is 36.4 Å². The van der Waals surface area contributed by atoms with Crippen LogP contribution in [-0.2, 0) is 9.53 Å². The normalized spacial score (nSPS) is 11.4. The average Bonchev–Trinajstić information content (AvgIpc) is 2.99. The largest absolute Gasteiger partial charge is 0.463 e. The topological polar surface area (TPSA) is 26.3 Å². The molecule has 41 heavy (non-hydrogen) atoms. The Bertz CT molecular complexity index is 680. The summed E-state index contributed by atoms with van der Waals surface area (Å²) < 4.78 is 5.30. The lowest BCUT2D eigenvalue weighted by molar-refractivity contribution is -0.137. The number of hydrogen-bond donors (Lipinski definition) is 0. The number of unbranched alkanes of at least 4 members (excludes halogenated alkanes) is 27. The zero-order chi connectivity index (χ0) is 29.3. The third kappa shape index (κ3) is 28.3. The molecule has 0 aromatic heterocycles. The van der Waals surface area contributed by atoms with Crippen LogP contribution < -0.4 is 0 Å². The third-order valence-corrected chi connectivity index (χ3v) is 8.45. The van der Waals surface area contributed by atoms with Crippen molar-refractivity contribution in [1.82, 2.24) is 0 Å². The second-order valence-electron chi connectivity index (χ2n) is 12.5. The molecule has 2 nitrogen and oxygen atoms in total. The fourth-order valence-electron chi connectivity index (χ4n) is 5.72. The van der Waals surface area contributed by atoms with E-state index in [1.165, 1.54) is 173 Å². The molecule has 0 unspecified atom stereocenters. The maximum absolute atomic E-state index is 11.8. The maximum atomic E-state index is 11.8. The van der Waals surface area contributed by atoms with Crippen molar-refractivity contribution in [3.8, 4) is 0 Å². The summed E-state index contributed by atoms with van der Waals surface area (Å²) >= 11 is 0. The predicted octanol–water partition coefficient (Wildman–Crippen LogP) is 13.2. The average molecular weight is 569 g/mol. The molecular formula is C39H68O2. The van der Waals surface area contributed by atoms with E-state index < -0.39 is 0 Å². The third-order valence-electron chi connectivity index (χ3n) is 8.45. The Kier molecular flexibility index (Phi) is 28.7. The summed E-state index contributed by atoms with van der Waals surface area (Å²) in [7, 11) is 0. The first-order chi connectivity index (χ1) is 20.3. The molecule has 0 bridgehead atoms. The van der Waals surface area contributed by atoms with Crippen molar-refractivity contribution >= 4 is 12.0 Å². The van der Waals surface area contributed by atoms with Gasteiger partial charge in [-0.1, -0.05) is 211 Å². The Morgan fingerprint density at radius 2 is 0.805 bits per heavy atom. The van der Waals surface area contributed by atoms with Gasteiger partial charge in [-0.25, -0.2) is 4.79 Å². The molecule has 0 fully saturated rings. The Labute approximate surface area is 256 Å². The van der Waals surface area contributed by atoms with E-state index in [9.17, 15) is 4.79 Å². The van der Waals surface area contributed by atoms with Gasteiger partial charge in [0.25, 0.3) is 0 Å². The SMILES string of the molecule is CCCCCCCCCCCCCCCCCCCCCCCCCCCCCCOC(=O)C=Cc1ccccc1. The van der Waals surface area contributed by atoms with Crippen molar-refractivity contribution in [2.45, 2.75) is 187 Å². The highest BCUT2D eigenvalue weighted by molar-refractivity contribution is 5.86. The number of carbonyl (C=O) groups excluding carboxylic acids is 1. The molecule has 0 spiro atoms. The van der Waals surface area contributed by atoms with E-state index in [1.54, 1.807) is 0 Å². The van der Waals surface area contributed by atoms with Gasteiger partial charge in [-0.15, -0.1) is 0 Å². The van der Waals surface area contributed by atoms with E-state index in [0.29, 0.717) is 6.61 Å². The van der Waals surface area contributed by atoms with Crippen LogP contribution in [0.3, 0.4) is 0 Å². The Balaban J connectivity index is 1.67. The molecule has 0 saturated carbocycles. The van der Waals surface area contributed by atoms with Crippen LogP contribution in [0.4, 0.5) is 0 Å². The van der Waals surface area contributed by atoms with Crippen LogP contribution in [0, 0.1) is 0 Å². The predicted molar refractivity (Wildman–Crippen MR) is 181 cm³/mol. The Hall–Kier alpha value is -1.57. The molecule has 0 saturated heterocycles. The first-order valence-corrected chi connectivity index (χ1v) is 18.2. The van der Waals surface area contributed by atoms with Gasteiger partial charge >= 0.3 is 5.97 Å². The fourth-order valence-corrected chi connectivity index (χ4v) is 5.72. The molecule has 0 aliphatic heterocycles. The van der Waals surface area contributed by atoms with Gasteiger partial charge in [0.15, 0.2) is 0 Å². The second-order valence-corrected chi connectivity index (χ2v) is 12.5. The zero-order valence-corrected chi connectivity index (χ0v) is 27.4. The first kappa shape index (κ1) is 37.5. The van der Waals surface area contributed by atoms with Crippen LogP contribution in [0.1, 0.15) is 192 Å². The number of hydrogen-bond acceptors (Lipinski definition) is 2. The molecule has 1 aromatic carbocycles.